The lowest BCUT2D eigenvalue weighted by atomic mass is 10.1. The van der Waals surface area contributed by atoms with Crippen LogP contribution < -0.4 is 10.7 Å². The Morgan fingerprint density at radius 3 is 2.78 bits per heavy atom. The summed E-state index contributed by atoms with van der Waals surface area (Å²) in [7, 11) is 2.97. The summed E-state index contributed by atoms with van der Waals surface area (Å²) < 4.78 is 15.4. The number of methoxy groups -OCH3 is 2. The Morgan fingerprint density at radius 1 is 1.35 bits per heavy atom. The molecule has 1 N–H and O–H groups in total. The van der Waals surface area contributed by atoms with Crippen molar-refractivity contribution in [3.63, 3.8) is 0 Å². The van der Waals surface area contributed by atoms with Gasteiger partial charge in [-0.1, -0.05) is 11.6 Å². The number of amides is 1. The van der Waals surface area contributed by atoms with Crippen LogP contribution in [-0.2, 0) is 14.3 Å². The van der Waals surface area contributed by atoms with Gasteiger partial charge in [-0.2, -0.15) is 0 Å². The van der Waals surface area contributed by atoms with E-state index in [4.69, 9.17) is 13.9 Å². The molecule has 0 saturated carbocycles. The molecule has 6 heteroatoms. The van der Waals surface area contributed by atoms with E-state index in [1.165, 1.54) is 32.6 Å². The van der Waals surface area contributed by atoms with Crippen molar-refractivity contribution in [3.05, 3.63) is 51.9 Å². The first-order valence-corrected chi connectivity index (χ1v) is 7.09. The van der Waals surface area contributed by atoms with Gasteiger partial charge >= 0.3 is 0 Å². The number of rotatable bonds is 6. The van der Waals surface area contributed by atoms with Gasteiger partial charge < -0.3 is 19.2 Å². The number of benzene rings is 1. The van der Waals surface area contributed by atoms with Crippen molar-refractivity contribution >= 4 is 23.0 Å². The maximum atomic E-state index is 12.4. The Kier molecular flexibility index (Phi) is 5.67. The fourth-order valence-corrected chi connectivity index (χ4v) is 2.05. The summed E-state index contributed by atoms with van der Waals surface area (Å²) in [6.45, 7) is 2.11. The lowest BCUT2D eigenvalue weighted by Gasteiger charge is -2.12. The summed E-state index contributed by atoms with van der Waals surface area (Å²) in [5, 5.41) is 3.10. The van der Waals surface area contributed by atoms with Crippen LogP contribution in [0.5, 0.6) is 0 Å². The number of nitrogens with one attached hydrogen (secondary N) is 1. The van der Waals surface area contributed by atoms with Gasteiger partial charge in [0, 0.05) is 20.3 Å². The summed E-state index contributed by atoms with van der Waals surface area (Å²) in [6.07, 6.45) is 3.53. The second kappa shape index (κ2) is 7.71. The average molecular weight is 317 g/mol. The van der Waals surface area contributed by atoms with Crippen LogP contribution in [0.2, 0.25) is 0 Å². The van der Waals surface area contributed by atoms with Crippen molar-refractivity contribution in [2.75, 3.05) is 20.8 Å². The SMILES string of the molecule is COC(CNC(=O)/C=C/c1coc2ccc(C)cc2c1=O)OC. The van der Waals surface area contributed by atoms with Crippen LogP contribution in [0, 0.1) is 6.92 Å². The molecule has 1 aromatic heterocycles. The first-order valence-electron chi connectivity index (χ1n) is 7.09. The molecule has 0 atom stereocenters. The molecule has 6 nitrogen and oxygen atoms in total. The minimum absolute atomic E-state index is 0.175. The van der Waals surface area contributed by atoms with Crippen LogP contribution in [0.15, 0.2) is 39.7 Å². The number of aryl methyl sites for hydroxylation is 1. The molecule has 0 aliphatic heterocycles. The van der Waals surface area contributed by atoms with Crippen LogP contribution in [-0.4, -0.2) is 33.0 Å². The molecular weight excluding hydrogens is 298 g/mol. The van der Waals surface area contributed by atoms with Gasteiger partial charge in [0.05, 0.1) is 17.5 Å². The fraction of sp³-hybridized carbons (Fsp3) is 0.294. The molecule has 0 aliphatic rings. The van der Waals surface area contributed by atoms with Gasteiger partial charge in [-0.15, -0.1) is 0 Å². The largest absolute Gasteiger partial charge is 0.463 e. The highest BCUT2D eigenvalue weighted by molar-refractivity contribution is 5.92. The number of fused-ring (bicyclic) bond motifs is 1. The molecule has 23 heavy (non-hydrogen) atoms. The van der Waals surface area contributed by atoms with E-state index in [0.29, 0.717) is 16.5 Å². The zero-order valence-corrected chi connectivity index (χ0v) is 13.3. The quantitative estimate of drug-likeness (QED) is 0.650. The van der Waals surface area contributed by atoms with E-state index in [-0.39, 0.29) is 17.9 Å². The molecule has 0 unspecified atom stereocenters. The van der Waals surface area contributed by atoms with Crippen LogP contribution in [0.25, 0.3) is 17.0 Å². The Bertz CT molecular complexity index is 774. The molecule has 122 valence electrons. The minimum atomic E-state index is -0.513. The van der Waals surface area contributed by atoms with E-state index < -0.39 is 6.29 Å². The second-order valence-electron chi connectivity index (χ2n) is 5.00. The monoisotopic (exact) mass is 317 g/mol. The van der Waals surface area contributed by atoms with E-state index in [0.717, 1.165) is 5.56 Å². The standard InChI is InChI=1S/C17H19NO5/c1-11-4-6-14-13(8-11)17(20)12(10-23-14)5-7-15(19)18-9-16(21-2)22-3/h4-8,10,16H,9H2,1-3H3,(H,18,19)/b7-5+. The average Bonchev–Trinajstić information content (AvgIpc) is 2.55. The molecule has 0 fully saturated rings. The van der Waals surface area contributed by atoms with Gasteiger partial charge in [0.2, 0.25) is 5.91 Å². The molecule has 1 heterocycles. The highest BCUT2D eigenvalue weighted by Crippen LogP contribution is 2.13. The smallest absolute Gasteiger partial charge is 0.244 e. The molecule has 1 amide bonds. The zero-order chi connectivity index (χ0) is 16.8. The second-order valence-corrected chi connectivity index (χ2v) is 5.00. The van der Waals surface area contributed by atoms with E-state index in [1.807, 2.05) is 13.0 Å². The Labute approximate surface area is 133 Å². The Hall–Kier alpha value is -2.44. The normalized spacial score (nSPS) is 11.5. The first-order chi connectivity index (χ1) is 11.0. The van der Waals surface area contributed by atoms with Gasteiger partial charge in [0.15, 0.2) is 11.7 Å². The molecular formula is C17H19NO5. The third-order valence-corrected chi connectivity index (χ3v) is 3.34. The van der Waals surface area contributed by atoms with Gasteiger partial charge in [-0.3, -0.25) is 9.59 Å². The first kappa shape index (κ1) is 16.9. The molecule has 0 radical (unpaired) electrons. The molecule has 0 spiro atoms. The number of ether oxygens (including phenoxy) is 2. The lowest BCUT2D eigenvalue weighted by Crippen LogP contribution is -2.33. The van der Waals surface area contributed by atoms with E-state index in [2.05, 4.69) is 5.32 Å². The summed E-state index contributed by atoms with van der Waals surface area (Å²) in [4.78, 5) is 24.1. The van der Waals surface area contributed by atoms with Crippen LogP contribution in [0.1, 0.15) is 11.1 Å². The number of carbonyl (C=O) groups is 1. The third kappa shape index (κ3) is 4.28. The van der Waals surface area contributed by atoms with Crippen LogP contribution in [0.4, 0.5) is 0 Å². The maximum absolute atomic E-state index is 12.4. The number of hydrogen-bond acceptors (Lipinski definition) is 5. The van der Waals surface area contributed by atoms with Crippen molar-refractivity contribution in [2.24, 2.45) is 0 Å². The van der Waals surface area contributed by atoms with Gasteiger partial charge in [0.25, 0.3) is 0 Å². The highest BCUT2D eigenvalue weighted by Gasteiger charge is 2.07. The predicted octanol–water partition coefficient (Wildman–Crippen LogP) is 1.85. The highest BCUT2D eigenvalue weighted by atomic mass is 16.7. The van der Waals surface area contributed by atoms with Crippen molar-refractivity contribution < 1.29 is 18.7 Å². The van der Waals surface area contributed by atoms with E-state index in [1.54, 1.807) is 12.1 Å². The van der Waals surface area contributed by atoms with Crippen molar-refractivity contribution in [2.45, 2.75) is 13.2 Å². The predicted molar refractivity (Wildman–Crippen MR) is 87.1 cm³/mol. The van der Waals surface area contributed by atoms with E-state index >= 15 is 0 Å². The maximum Gasteiger partial charge on any atom is 0.244 e. The summed E-state index contributed by atoms with van der Waals surface area (Å²) in [5.74, 6) is -0.354. The van der Waals surface area contributed by atoms with Gasteiger partial charge in [-0.25, -0.2) is 0 Å². The minimum Gasteiger partial charge on any atom is -0.463 e. The Balaban J connectivity index is 2.13. The fourth-order valence-electron chi connectivity index (χ4n) is 2.05. The summed E-state index contributed by atoms with van der Waals surface area (Å²) in [5.41, 5.74) is 1.62. The molecule has 2 aromatic rings. The Morgan fingerprint density at radius 2 is 2.09 bits per heavy atom. The summed E-state index contributed by atoms with van der Waals surface area (Å²) in [6, 6.07) is 5.39. The number of hydrogen-bond donors (Lipinski definition) is 1. The molecule has 1 aromatic carbocycles. The molecule has 0 saturated heterocycles. The van der Waals surface area contributed by atoms with Gasteiger partial charge in [-0.05, 0) is 25.1 Å². The van der Waals surface area contributed by atoms with Gasteiger partial charge in [0.1, 0.15) is 11.8 Å². The van der Waals surface area contributed by atoms with Crippen molar-refractivity contribution in [1.29, 1.82) is 0 Å². The molecule has 0 aliphatic carbocycles. The topological polar surface area (TPSA) is 77.8 Å². The third-order valence-electron chi connectivity index (χ3n) is 3.34. The zero-order valence-electron chi connectivity index (χ0n) is 13.3. The van der Waals surface area contributed by atoms with Crippen molar-refractivity contribution in [1.82, 2.24) is 5.32 Å². The summed E-state index contributed by atoms with van der Waals surface area (Å²) >= 11 is 0. The number of carbonyl (C=O) groups excluding carboxylic acids is 1. The molecule has 0 bridgehead atoms. The molecule has 2 rings (SSSR count). The van der Waals surface area contributed by atoms with Crippen molar-refractivity contribution in [3.8, 4) is 0 Å². The van der Waals surface area contributed by atoms with Crippen LogP contribution in [0.3, 0.4) is 0 Å². The lowest BCUT2D eigenvalue weighted by molar-refractivity contribution is -0.123. The van der Waals surface area contributed by atoms with E-state index in [9.17, 15) is 9.59 Å². The van der Waals surface area contributed by atoms with Crippen LogP contribution >= 0.6 is 0 Å².